The first-order chi connectivity index (χ1) is 3.41. The maximum absolute atomic E-state index is 2.25. The minimum atomic E-state index is 0. The Balaban J connectivity index is 0. The Hall–Kier alpha value is 0. The average molecular weight is 115 g/mol. The summed E-state index contributed by atoms with van der Waals surface area (Å²) in [6, 6.07) is 0. The summed E-state index contributed by atoms with van der Waals surface area (Å²) in [7, 11) is 0. The van der Waals surface area contributed by atoms with Crippen LogP contribution in [0.2, 0.25) is 0 Å². The van der Waals surface area contributed by atoms with E-state index in [2.05, 4.69) is 13.8 Å². The molecular weight excluding hydrogens is 96.1 g/mol. The summed E-state index contributed by atoms with van der Waals surface area (Å²) in [6.07, 6.45) is 7.01. The molecule has 0 rings (SSSR count). The number of hydrogen-bond donors (Lipinski definition) is 0. The van der Waals surface area contributed by atoms with Gasteiger partial charge in [-0.1, -0.05) is 53.4 Å². The van der Waals surface area contributed by atoms with Gasteiger partial charge in [-0.05, 0) is 0 Å². The zero-order valence-electron chi connectivity index (χ0n) is 6.54. The Morgan fingerprint density at radius 3 is 1.38 bits per heavy atom. The van der Waals surface area contributed by atoms with Crippen LogP contribution in [0.25, 0.3) is 0 Å². The minimum Gasteiger partial charge on any atom is -0.0683 e. The highest BCUT2D eigenvalue weighted by molar-refractivity contribution is 4.35. The Bertz CT molecular complexity index is 19.2. The zero-order valence-corrected chi connectivity index (χ0v) is 6.54. The van der Waals surface area contributed by atoms with Crippen molar-refractivity contribution >= 4 is 0 Å². The molecule has 0 aromatic heterocycles. The van der Waals surface area contributed by atoms with E-state index in [4.69, 9.17) is 0 Å². The van der Waals surface area contributed by atoms with E-state index in [9.17, 15) is 0 Å². The van der Waals surface area contributed by atoms with Gasteiger partial charge in [0.1, 0.15) is 0 Å². The van der Waals surface area contributed by atoms with Gasteiger partial charge in [0.2, 0.25) is 0 Å². The fourth-order valence-corrected chi connectivity index (χ4v) is 0.677. The first-order valence-electron chi connectivity index (χ1n) is 3.41. The average Bonchev–Trinajstić information content (AvgIpc) is 1.69. The zero-order chi connectivity index (χ0) is 5.54. The van der Waals surface area contributed by atoms with Gasteiger partial charge in [-0.25, -0.2) is 0 Å². The molecule has 0 heterocycles. The summed E-state index contributed by atoms with van der Waals surface area (Å²) in [5.74, 6) is 0. The Morgan fingerprint density at radius 2 is 1.12 bits per heavy atom. The Labute approximate surface area is 54.3 Å². The molecule has 0 fully saturated rings. The van der Waals surface area contributed by atoms with Crippen molar-refractivity contribution in [3.63, 3.8) is 0 Å². The lowest BCUT2D eigenvalue weighted by molar-refractivity contribution is 0.656. The highest BCUT2D eigenvalue weighted by atomic mass is 13.9. The number of unbranched alkanes of at least 4 members (excludes halogenated alkanes) is 4. The first-order valence-corrected chi connectivity index (χ1v) is 3.41. The molecule has 51 valence electrons. The monoisotopic (exact) mass is 115 g/mol. The van der Waals surface area contributed by atoms with E-state index < -0.39 is 0 Å². The summed E-state index contributed by atoms with van der Waals surface area (Å²) < 4.78 is 0. The molecule has 0 amide bonds. The minimum absolute atomic E-state index is 0. The van der Waals surface area contributed by atoms with Gasteiger partial charge in [0.15, 0.2) is 0 Å². The maximum Gasteiger partial charge on any atom is -0.0533 e. The Morgan fingerprint density at radius 1 is 0.750 bits per heavy atom. The van der Waals surface area contributed by atoms with Crippen molar-refractivity contribution in [2.24, 2.45) is 0 Å². The lowest BCUT2D eigenvalue weighted by atomic mass is 10.2. The molecule has 0 atom stereocenters. The molecule has 0 aliphatic rings. The van der Waals surface area contributed by atoms with Crippen LogP contribution < -0.4 is 0 Å². The standard InChI is InChI=1S/C7H16.CH3/c1-3-5-7-6-4-2;/h3-7H2,1-2H3;1H3. The SMILES string of the molecule is CCCCCCC.[CH3]. The summed E-state index contributed by atoms with van der Waals surface area (Å²) in [4.78, 5) is 0. The van der Waals surface area contributed by atoms with E-state index in [1.165, 1.54) is 32.1 Å². The van der Waals surface area contributed by atoms with E-state index in [1.54, 1.807) is 0 Å². The largest absolute Gasteiger partial charge is 0.0683 e. The fraction of sp³-hybridized carbons (Fsp3) is 0.875. The predicted octanol–water partition coefficient (Wildman–Crippen LogP) is 3.43. The molecule has 0 N–H and O–H groups in total. The van der Waals surface area contributed by atoms with E-state index in [-0.39, 0.29) is 7.43 Å². The quantitative estimate of drug-likeness (QED) is 0.492. The summed E-state index contributed by atoms with van der Waals surface area (Å²) >= 11 is 0. The second-order valence-corrected chi connectivity index (χ2v) is 2.06. The highest BCUT2D eigenvalue weighted by Crippen LogP contribution is 2.00. The van der Waals surface area contributed by atoms with Gasteiger partial charge in [0, 0.05) is 0 Å². The number of hydrogen-bond acceptors (Lipinski definition) is 0. The molecule has 8 heavy (non-hydrogen) atoms. The van der Waals surface area contributed by atoms with Crippen molar-refractivity contribution in [3.8, 4) is 0 Å². The third-order valence-electron chi connectivity index (χ3n) is 1.21. The molecule has 0 nitrogen and oxygen atoms in total. The van der Waals surface area contributed by atoms with Crippen LogP contribution in [-0.4, -0.2) is 0 Å². The van der Waals surface area contributed by atoms with Crippen molar-refractivity contribution < 1.29 is 0 Å². The smallest absolute Gasteiger partial charge is 0.0533 e. The van der Waals surface area contributed by atoms with Gasteiger partial charge in [-0.2, -0.15) is 0 Å². The van der Waals surface area contributed by atoms with Crippen molar-refractivity contribution in [3.05, 3.63) is 7.43 Å². The third-order valence-corrected chi connectivity index (χ3v) is 1.21. The van der Waals surface area contributed by atoms with Crippen LogP contribution in [-0.2, 0) is 0 Å². The molecule has 0 aromatic rings. The van der Waals surface area contributed by atoms with E-state index >= 15 is 0 Å². The third kappa shape index (κ3) is 9.38. The maximum atomic E-state index is 2.25. The normalized spacial score (nSPS) is 8.25. The van der Waals surface area contributed by atoms with Crippen molar-refractivity contribution in [1.29, 1.82) is 0 Å². The van der Waals surface area contributed by atoms with Crippen LogP contribution in [0.3, 0.4) is 0 Å². The predicted molar refractivity (Wildman–Crippen MR) is 40.8 cm³/mol. The summed E-state index contributed by atoms with van der Waals surface area (Å²) in [6.45, 7) is 4.49. The van der Waals surface area contributed by atoms with E-state index in [1.807, 2.05) is 0 Å². The molecule has 0 saturated heterocycles. The van der Waals surface area contributed by atoms with Gasteiger partial charge < -0.3 is 0 Å². The van der Waals surface area contributed by atoms with E-state index in [0.717, 1.165) is 0 Å². The summed E-state index contributed by atoms with van der Waals surface area (Å²) in [5, 5.41) is 0. The molecule has 0 spiro atoms. The van der Waals surface area contributed by atoms with Crippen molar-refractivity contribution in [1.82, 2.24) is 0 Å². The fourth-order valence-electron chi connectivity index (χ4n) is 0.677. The van der Waals surface area contributed by atoms with Gasteiger partial charge in [-0.15, -0.1) is 0 Å². The molecule has 0 aromatic carbocycles. The van der Waals surface area contributed by atoms with Crippen LogP contribution in [0, 0.1) is 7.43 Å². The molecular formula is C8H19. The molecule has 0 aliphatic carbocycles. The summed E-state index contributed by atoms with van der Waals surface area (Å²) in [5.41, 5.74) is 0. The molecule has 1 radical (unpaired) electrons. The molecule has 0 unspecified atom stereocenters. The van der Waals surface area contributed by atoms with E-state index in [0.29, 0.717) is 0 Å². The van der Waals surface area contributed by atoms with Crippen molar-refractivity contribution in [2.75, 3.05) is 0 Å². The van der Waals surface area contributed by atoms with Gasteiger partial charge in [-0.3, -0.25) is 0 Å². The topological polar surface area (TPSA) is 0 Å². The number of rotatable bonds is 4. The highest BCUT2D eigenvalue weighted by Gasteiger charge is 1.80. The molecule has 0 bridgehead atoms. The van der Waals surface area contributed by atoms with Gasteiger partial charge in [0.05, 0.1) is 0 Å². The second kappa shape index (κ2) is 10.1. The lowest BCUT2D eigenvalue weighted by Gasteiger charge is -1.90. The first kappa shape index (κ1) is 10.9. The molecule has 0 aliphatic heterocycles. The van der Waals surface area contributed by atoms with Crippen LogP contribution in [0.1, 0.15) is 46.0 Å². The van der Waals surface area contributed by atoms with Gasteiger partial charge in [0.25, 0.3) is 0 Å². The molecule has 0 heteroatoms. The molecule has 0 saturated carbocycles. The van der Waals surface area contributed by atoms with Crippen LogP contribution in [0.15, 0.2) is 0 Å². The van der Waals surface area contributed by atoms with Gasteiger partial charge >= 0.3 is 0 Å². The lowest BCUT2D eigenvalue weighted by Crippen LogP contribution is -1.70. The van der Waals surface area contributed by atoms with Crippen LogP contribution in [0.5, 0.6) is 0 Å². The van der Waals surface area contributed by atoms with Crippen LogP contribution >= 0.6 is 0 Å². The van der Waals surface area contributed by atoms with Crippen molar-refractivity contribution in [2.45, 2.75) is 46.0 Å². The Kier molecular flexibility index (Phi) is 13.7. The van der Waals surface area contributed by atoms with Crippen LogP contribution in [0.4, 0.5) is 0 Å². The second-order valence-electron chi connectivity index (χ2n) is 2.06.